The van der Waals surface area contributed by atoms with Crippen LogP contribution >= 0.6 is 0 Å². The molecular formula is C9H17N5O2. The minimum atomic E-state index is -0.617. The van der Waals surface area contributed by atoms with Gasteiger partial charge in [-0.05, 0) is 6.42 Å². The topological polar surface area (TPSA) is 117 Å². The van der Waals surface area contributed by atoms with Crippen LogP contribution in [0.2, 0.25) is 0 Å². The number of nitrogens with two attached hydrogens (primary N) is 1. The summed E-state index contributed by atoms with van der Waals surface area (Å²) < 4.78 is 0. The average Bonchev–Trinajstić information content (AvgIpc) is 2.27. The van der Waals surface area contributed by atoms with Crippen LogP contribution in [0.15, 0.2) is 9.59 Å². The molecule has 0 spiro atoms. The van der Waals surface area contributed by atoms with Crippen LogP contribution in [0.25, 0.3) is 0 Å². The van der Waals surface area contributed by atoms with Gasteiger partial charge >= 0.3 is 5.69 Å². The van der Waals surface area contributed by atoms with Crippen molar-refractivity contribution in [3.8, 4) is 0 Å². The molecule has 1 heterocycles. The summed E-state index contributed by atoms with van der Waals surface area (Å²) in [4.78, 5) is 24.2. The average molecular weight is 227 g/mol. The van der Waals surface area contributed by atoms with Crippen molar-refractivity contribution in [2.45, 2.75) is 32.2 Å². The van der Waals surface area contributed by atoms with Gasteiger partial charge < -0.3 is 11.1 Å². The van der Waals surface area contributed by atoms with Crippen molar-refractivity contribution in [2.24, 2.45) is 5.73 Å². The maximum absolute atomic E-state index is 11.3. The van der Waals surface area contributed by atoms with Crippen LogP contribution < -0.4 is 22.3 Å². The van der Waals surface area contributed by atoms with E-state index >= 15 is 0 Å². The molecule has 0 aliphatic carbocycles. The van der Waals surface area contributed by atoms with Crippen LogP contribution in [0.4, 0.5) is 5.82 Å². The number of hydrogen-bond acceptors (Lipinski definition) is 5. The number of rotatable bonds is 6. The second-order valence-electron chi connectivity index (χ2n) is 3.57. The minimum Gasteiger partial charge on any atom is -0.360 e. The lowest BCUT2D eigenvalue weighted by molar-refractivity contribution is 0.609. The molecule has 0 fully saturated rings. The number of nitrogens with one attached hydrogen (secondary N) is 3. The van der Waals surface area contributed by atoms with Crippen LogP contribution in [0, 0.1) is 0 Å². The van der Waals surface area contributed by atoms with Crippen LogP contribution in [0.5, 0.6) is 0 Å². The van der Waals surface area contributed by atoms with E-state index in [1.165, 1.54) is 0 Å². The van der Waals surface area contributed by atoms with Crippen molar-refractivity contribution in [3.05, 3.63) is 20.8 Å². The van der Waals surface area contributed by atoms with Crippen LogP contribution in [0.1, 0.15) is 26.2 Å². The molecule has 0 bridgehead atoms. The number of unbranched alkanes of at least 4 members (excludes halogenated alkanes) is 1. The van der Waals surface area contributed by atoms with Gasteiger partial charge in [0.2, 0.25) is 5.82 Å². The molecule has 0 radical (unpaired) electrons. The molecule has 1 aromatic heterocycles. The minimum absolute atomic E-state index is 0.000507. The number of H-pyrrole nitrogens is 2. The third kappa shape index (κ3) is 3.50. The van der Waals surface area contributed by atoms with E-state index in [0.717, 1.165) is 19.3 Å². The van der Waals surface area contributed by atoms with E-state index in [-0.39, 0.29) is 11.9 Å². The molecule has 0 aromatic carbocycles. The third-order valence-electron chi connectivity index (χ3n) is 2.24. The number of aromatic amines is 2. The van der Waals surface area contributed by atoms with Crippen LogP contribution in [-0.4, -0.2) is 27.8 Å². The number of nitrogens with zero attached hydrogens (tertiary/aromatic N) is 1. The largest absolute Gasteiger partial charge is 0.360 e. The van der Waals surface area contributed by atoms with Crippen molar-refractivity contribution < 1.29 is 0 Å². The van der Waals surface area contributed by atoms with Crippen molar-refractivity contribution in [1.82, 2.24) is 15.2 Å². The van der Waals surface area contributed by atoms with E-state index in [1.807, 2.05) is 0 Å². The van der Waals surface area contributed by atoms with Gasteiger partial charge in [0.15, 0.2) is 0 Å². The predicted octanol–water partition coefficient (Wildman–Crippen LogP) is -0.612. The lowest BCUT2D eigenvalue weighted by atomic mass is 10.1. The van der Waals surface area contributed by atoms with Gasteiger partial charge in [-0.25, -0.2) is 9.89 Å². The van der Waals surface area contributed by atoms with Crippen molar-refractivity contribution in [1.29, 1.82) is 0 Å². The monoisotopic (exact) mass is 227 g/mol. The fraction of sp³-hybridized carbons (Fsp3) is 0.667. The fourth-order valence-corrected chi connectivity index (χ4v) is 1.34. The lowest BCUT2D eigenvalue weighted by Crippen LogP contribution is -2.34. The normalized spacial score (nSPS) is 12.4. The van der Waals surface area contributed by atoms with E-state index in [1.54, 1.807) is 0 Å². The van der Waals surface area contributed by atoms with Gasteiger partial charge in [0.1, 0.15) is 0 Å². The Hall–Kier alpha value is -1.63. The first-order chi connectivity index (χ1) is 7.67. The standard InChI is InChI=1S/C9H17N5O2/c1-2-3-4-6(5-10)11-7-8(15)12-9(16)14-13-7/h6H,2-5,10H2,1H3,(H,11,13)(H2,12,14,15,16). The second kappa shape index (κ2) is 6.06. The molecule has 7 heteroatoms. The summed E-state index contributed by atoms with van der Waals surface area (Å²) in [5.41, 5.74) is 4.42. The number of anilines is 1. The molecule has 7 nitrogen and oxygen atoms in total. The summed E-state index contributed by atoms with van der Waals surface area (Å²) in [5, 5.41) is 8.70. The molecule has 0 amide bonds. The molecule has 16 heavy (non-hydrogen) atoms. The smallest absolute Gasteiger partial charge is 0.342 e. The Labute approximate surface area is 92.5 Å². The maximum atomic E-state index is 11.3. The molecule has 0 saturated carbocycles. The zero-order valence-electron chi connectivity index (χ0n) is 9.25. The Balaban J connectivity index is 2.70. The molecule has 0 saturated heterocycles. The predicted molar refractivity (Wildman–Crippen MR) is 61.5 cm³/mol. The second-order valence-corrected chi connectivity index (χ2v) is 3.57. The SMILES string of the molecule is CCCCC(CN)Nc1n[nH]c(=O)[nH]c1=O. The highest BCUT2D eigenvalue weighted by molar-refractivity contribution is 5.30. The summed E-state index contributed by atoms with van der Waals surface area (Å²) in [5.74, 6) is 0.103. The Bertz CT molecular complexity index is 424. The first-order valence-electron chi connectivity index (χ1n) is 5.33. The Morgan fingerprint density at radius 1 is 1.50 bits per heavy atom. The lowest BCUT2D eigenvalue weighted by Gasteiger charge is -2.15. The zero-order valence-corrected chi connectivity index (χ0v) is 9.25. The third-order valence-corrected chi connectivity index (χ3v) is 2.24. The highest BCUT2D eigenvalue weighted by Crippen LogP contribution is 2.03. The van der Waals surface area contributed by atoms with Gasteiger partial charge in [0, 0.05) is 12.6 Å². The van der Waals surface area contributed by atoms with Crippen LogP contribution in [0.3, 0.4) is 0 Å². The quantitative estimate of drug-likeness (QED) is 0.517. The molecule has 1 rings (SSSR count). The highest BCUT2D eigenvalue weighted by Gasteiger charge is 2.09. The summed E-state index contributed by atoms with van der Waals surface area (Å²) >= 11 is 0. The van der Waals surface area contributed by atoms with Gasteiger partial charge in [-0.15, -0.1) is 5.10 Å². The molecule has 0 aliphatic rings. The molecule has 5 N–H and O–H groups in total. The number of hydrogen-bond donors (Lipinski definition) is 4. The van der Waals surface area contributed by atoms with Gasteiger partial charge in [0.25, 0.3) is 5.56 Å². The molecular weight excluding hydrogens is 210 g/mol. The van der Waals surface area contributed by atoms with E-state index in [2.05, 4.69) is 27.4 Å². The van der Waals surface area contributed by atoms with E-state index in [0.29, 0.717) is 6.54 Å². The van der Waals surface area contributed by atoms with E-state index in [9.17, 15) is 9.59 Å². The van der Waals surface area contributed by atoms with Gasteiger partial charge in [0.05, 0.1) is 0 Å². The number of aromatic nitrogens is 3. The highest BCUT2D eigenvalue weighted by atomic mass is 16.2. The van der Waals surface area contributed by atoms with Crippen molar-refractivity contribution in [3.63, 3.8) is 0 Å². The molecule has 1 aromatic rings. The van der Waals surface area contributed by atoms with Crippen molar-refractivity contribution in [2.75, 3.05) is 11.9 Å². The van der Waals surface area contributed by atoms with Crippen LogP contribution in [-0.2, 0) is 0 Å². The Morgan fingerprint density at radius 3 is 2.81 bits per heavy atom. The van der Waals surface area contributed by atoms with E-state index in [4.69, 9.17) is 5.73 Å². The summed E-state index contributed by atoms with van der Waals surface area (Å²) in [6.45, 7) is 2.50. The van der Waals surface area contributed by atoms with Gasteiger partial charge in [-0.2, -0.15) is 0 Å². The van der Waals surface area contributed by atoms with Crippen molar-refractivity contribution >= 4 is 5.82 Å². The molecule has 1 unspecified atom stereocenters. The maximum Gasteiger partial charge on any atom is 0.342 e. The first-order valence-corrected chi connectivity index (χ1v) is 5.33. The Morgan fingerprint density at radius 2 is 2.25 bits per heavy atom. The molecule has 0 aliphatic heterocycles. The van der Waals surface area contributed by atoms with E-state index < -0.39 is 11.2 Å². The fourth-order valence-electron chi connectivity index (χ4n) is 1.34. The molecule has 90 valence electrons. The summed E-state index contributed by atoms with van der Waals surface area (Å²) in [6, 6.07) is -0.000507. The van der Waals surface area contributed by atoms with Gasteiger partial charge in [-0.3, -0.25) is 9.78 Å². The zero-order chi connectivity index (χ0) is 12.0. The molecule has 1 atom stereocenters. The first kappa shape index (κ1) is 12.4. The Kier molecular flexibility index (Phi) is 4.71. The van der Waals surface area contributed by atoms with Gasteiger partial charge in [-0.1, -0.05) is 19.8 Å². The summed E-state index contributed by atoms with van der Waals surface area (Å²) in [6.07, 6.45) is 2.96. The summed E-state index contributed by atoms with van der Waals surface area (Å²) in [7, 11) is 0.